The normalized spacial score (nSPS) is 11.7. The van der Waals surface area contributed by atoms with Crippen molar-refractivity contribution >= 4 is 51.6 Å². The summed E-state index contributed by atoms with van der Waals surface area (Å²) >= 11 is 4.32. The quantitative estimate of drug-likeness (QED) is 0.288. The minimum absolute atomic E-state index is 1.03. The Morgan fingerprint density at radius 3 is 2.00 bits per heavy atom. The monoisotopic (exact) mass is 324 g/mol. The third-order valence-electron chi connectivity index (χ3n) is 0.568. The van der Waals surface area contributed by atoms with Crippen LogP contribution in [-0.2, 0) is 0 Å². The van der Waals surface area contributed by atoms with E-state index < -0.39 is 0 Å². The highest BCUT2D eigenvalue weighted by Crippen LogP contribution is 2.06. The summed E-state index contributed by atoms with van der Waals surface area (Å²) < 4.78 is 1.91. The van der Waals surface area contributed by atoms with Crippen LogP contribution in [-0.4, -0.2) is 14.2 Å². The number of hydrogen-bond donors (Lipinski definition) is 0. The van der Waals surface area contributed by atoms with Gasteiger partial charge in [-0.25, -0.2) is 1.33 Å². The molecule has 4 heteroatoms. The molecule has 0 spiro atoms. The summed E-state index contributed by atoms with van der Waals surface area (Å²) in [5.74, 6) is 1.03. The van der Waals surface area contributed by atoms with E-state index in [1.165, 1.54) is 0 Å². The van der Waals surface area contributed by atoms with Gasteiger partial charge in [-0.1, -0.05) is 0 Å². The van der Waals surface area contributed by atoms with Gasteiger partial charge in [-0.05, 0) is 6.92 Å². The lowest BCUT2D eigenvalue weighted by atomic mass is 10.7. The molecule has 0 bridgehead atoms. The second-order valence-corrected chi connectivity index (χ2v) is 4.78. The molecule has 42 valence electrons. The Hall–Kier alpha value is 0.930. The van der Waals surface area contributed by atoms with Gasteiger partial charge in [0.1, 0.15) is 5.84 Å². The van der Waals surface area contributed by atoms with E-state index in [0.29, 0.717) is 0 Å². The van der Waals surface area contributed by atoms with E-state index >= 15 is 0 Å². The molecule has 0 heterocycles. The molecule has 0 N–H and O–H groups in total. The van der Waals surface area contributed by atoms with Crippen LogP contribution in [0.3, 0.4) is 0 Å². The number of hydrogen-bond acceptors (Lipinski definition) is 1. The van der Waals surface area contributed by atoms with Gasteiger partial charge in [0, 0.05) is 7.05 Å². The van der Waals surface area contributed by atoms with Crippen LogP contribution in [0.2, 0.25) is 0 Å². The van der Waals surface area contributed by atoms with Gasteiger partial charge in [-0.15, -0.1) is 0 Å². The minimum atomic E-state index is 1.03. The van der Waals surface area contributed by atoms with Gasteiger partial charge in [-0.2, -0.15) is 0 Å². The fourth-order valence-corrected chi connectivity index (χ4v) is 0.507. The maximum Gasteiger partial charge on any atom is 0.114 e. The molecule has 0 rings (SSSR count). The molecule has 7 heavy (non-hydrogen) atoms. The average molecular weight is 324 g/mol. The molecule has 0 aromatic carbocycles. The van der Waals surface area contributed by atoms with E-state index in [9.17, 15) is 0 Å². The maximum absolute atomic E-state index is 3.92. The average Bonchev–Trinajstić information content (AvgIpc) is 1.65. The van der Waals surface area contributed by atoms with E-state index in [0.717, 1.165) is 5.84 Å². The molecular formula is C3H6I2N2. The number of rotatable bonds is 0. The van der Waals surface area contributed by atoms with Crippen LogP contribution in [0.4, 0.5) is 0 Å². The molecular weight excluding hydrogens is 318 g/mol. The molecule has 0 unspecified atom stereocenters. The standard InChI is InChI=1S/C3H6I2N2/c1-3(6-2)7(4)5/h1-2H3/b6-3-. The van der Waals surface area contributed by atoms with Gasteiger partial charge >= 0.3 is 0 Å². The summed E-state index contributed by atoms with van der Waals surface area (Å²) in [5.41, 5.74) is 0. The molecule has 0 saturated heterocycles. The molecule has 0 aliphatic heterocycles. The molecule has 0 aromatic rings. The second kappa shape index (κ2) is 3.88. The minimum Gasteiger partial charge on any atom is -0.275 e. The van der Waals surface area contributed by atoms with E-state index in [2.05, 4.69) is 50.7 Å². The fourth-order valence-electron chi connectivity index (χ4n) is 0.0756. The predicted octanol–water partition coefficient (Wildman–Crippen LogP) is 2.04. The smallest absolute Gasteiger partial charge is 0.114 e. The van der Waals surface area contributed by atoms with Crippen LogP contribution in [0.25, 0.3) is 0 Å². The molecule has 0 radical (unpaired) electrons. The van der Waals surface area contributed by atoms with E-state index in [1.807, 2.05) is 8.25 Å². The van der Waals surface area contributed by atoms with Crippen molar-refractivity contribution in [3.8, 4) is 0 Å². The Balaban J connectivity index is 3.56. The van der Waals surface area contributed by atoms with Crippen molar-refractivity contribution in [3.05, 3.63) is 0 Å². The molecule has 0 aliphatic rings. The lowest BCUT2D eigenvalue weighted by Gasteiger charge is -2.01. The SMILES string of the molecule is C/N=C(/C)N(I)I. The van der Waals surface area contributed by atoms with Crippen LogP contribution in [0, 0.1) is 0 Å². The first kappa shape index (κ1) is 7.93. The summed E-state index contributed by atoms with van der Waals surface area (Å²) in [7, 11) is 1.78. The van der Waals surface area contributed by atoms with Crippen molar-refractivity contribution in [1.29, 1.82) is 0 Å². The number of amidine groups is 1. The van der Waals surface area contributed by atoms with Crippen LogP contribution >= 0.6 is 45.7 Å². The largest absolute Gasteiger partial charge is 0.275 e. The van der Waals surface area contributed by atoms with Gasteiger partial charge in [-0.3, -0.25) is 4.99 Å². The van der Waals surface area contributed by atoms with Crippen molar-refractivity contribution < 1.29 is 0 Å². The summed E-state index contributed by atoms with van der Waals surface area (Å²) in [6.45, 7) is 1.96. The molecule has 0 fully saturated rings. The van der Waals surface area contributed by atoms with Gasteiger partial charge in [0.05, 0.1) is 45.7 Å². The number of halogens is 2. The first-order valence-corrected chi connectivity index (χ1v) is 3.66. The van der Waals surface area contributed by atoms with Crippen LogP contribution < -0.4 is 0 Å². The van der Waals surface area contributed by atoms with Crippen molar-refractivity contribution in [1.82, 2.24) is 1.33 Å². The third-order valence-corrected chi connectivity index (χ3v) is 1.96. The third kappa shape index (κ3) is 3.51. The van der Waals surface area contributed by atoms with Crippen LogP contribution in [0.1, 0.15) is 6.92 Å². The Labute approximate surface area is 71.4 Å². The summed E-state index contributed by atoms with van der Waals surface area (Å²) in [5, 5.41) is 0. The highest BCUT2D eigenvalue weighted by Gasteiger charge is 1.90. The summed E-state index contributed by atoms with van der Waals surface area (Å²) in [6, 6.07) is 0. The molecule has 0 aliphatic carbocycles. The van der Waals surface area contributed by atoms with Gasteiger partial charge < -0.3 is 0 Å². The van der Waals surface area contributed by atoms with Crippen LogP contribution in [0.5, 0.6) is 0 Å². The van der Waals surface area contributed by atoms with Crippen molar-refractivity contribution in [2.45, 2.75) is 6.92 Å². The Morgan fingerprint density at radius 2 is 2.00 bits per heavy atom. The Bertz CT molecular complexity index is 79.0. The Kier molecular flexibility index (Phi) is 4.39. The van der Waals surface area contributed by atoms with Crippen LogP contribution in [0.15, 0.2) is 4.99 Å². The topological polar surface area (TPSA) is 15.6 Å². The summed E-state index contributed by atoms with van der Waals surface area (Å²) in [6.07, 6.45) is 0. The molecule has 0 amide bonds. The predicted molar refractivity (Wildman–Crippen MR) is 48.9 cm³/mol. The molecule has 0 saturated carbocycles. The van der Waals surface area contributed by atoms with E-state index in [4.69, 9.17) is 0 Å². The highest BCUT2D eigenvalue weighted by molar-refractivity contribution is 14.2. The molecule has 0 atom stereocenters. The zero-order valence-corrected chi connectivity index (χ0v) is 8.47. The fraction of sp³-hybridized carbons (Fsp3) is 0.667. The lowest BCUT2D eigenvalue weighted by molar-refractivity contribution is 1.21. The second-order valence-electron chi connectivity index (χ2n) is 1.00. The van der Waals surface area contributed by atoms with Crippen molar-refractivity contribution in [3.63, 3.8) is 0 Å². The van der Waals surface area contributed by atoms with Crippen molar-refractivity contribution in [2.75, 3.05) is 7.05 Å². The van der Waals surface area contributed by atoms with Crippen molar-refractivity contribution in [2.24, 2.45) is 4.99 Å². The molecule has 0 aromatic heterocycles. The number of aliphatic imine (C=N–C) groups is 1. The summed E-state index contributed by atoms with van der Waals surface area (Å²) in [4.78, 5) is 3.92. The maximum atomic E-state index is 3.92. The van der Waals surface area contributed by atoms with E-state index in [1.54, 1.807) is 7.05 Å². The first-order chi connectivity index (χ1) is 3.18. The molecule has 2 nitrogen and oxygen atoms in total. The zero-order valence-electron chi connectivity index (χ0n) is 4.15. The number of nitrogens with zero attached hydrogens (tertiary/aromatic N) is 2. The first-order valence-electron chi connectivity index (χ1n) is 1.73. The highest BCUT2D eigenvalue weighted by atomic mass is 127. The van der Waals surface area contributed by atoms with Gasteiger partial charge in [0.25, 0.3) is 0 Å². The van der Waals surface area contributed by atoms with Gasteiger partial charge in [0.15, 0.2) is 0 Å². The zero-order chi connectivity index (χ0) is 5.86. The van der Waals surface area contributed by atoms with E-state index in [-0.39, 0.29) is 0 Å². The Morgan fingerprint density at radius 1 is 1.57 bits per heavy atom. The lowest BCUT2D eigenvalue weighted by Crippen LogP contribution is -2.02. The van der Waals surface area contributed by atoms with Gasteiger partial charge in [0.2, 0.25) is 0 Å².